The number of benzene rings is 1. The molecule has 0 atom stereocenters. The second-order valence-corrected chi connectivity index (χ2v) is 5.31. The molecule has 1 fully saturated rings. The first kappa shape index (κ1) is 13.5. The number of nitrogens with zero attached hydrogens (tertiary/aromatic N) is 2. The number of fused-ring (bicyclic) bond motifs is 1. The summed E-state index contributed by atoms with van der Waals surface area (Å²) in [5.41, 5.74) is 3.11. The van der Waals surface area contributed by atoms with Crippen LogP contribution in [0.25, 0.3) is 10.9 Å². The number of rotatable bonds is 3. The van der Waals surface area contributed by atoms with Crippen molar-refractivity contribution in [1.82, 2.24) is 15.2 Å². The minimum atomic E-state index is -0.220. The van der Waals surface area contributed by atoms with Gasteiger partial charge >= 0.3 is 0 Å². The summed E-state index contributed by atoms with van der Waals surface area (Å²) in [6, 6.07) is 6.99. The van der Waals surface area contributed by atoms with Crippen LogP contribution in [-0.2, 0) is 13.0 Å². The number of piperazine rings is 1. The molecule has 20 heavy (non-hydrogen) atoms. The van der Waals surface area contributed by atoms with Crippen LogP contribution in [0.1, 0.15) is 18.2 Å². The summed E-state index contributed by atoms with van der Waals surface area (Å²) in [6.45, 7) is 7.16. The SMILES string of the molecule is CCc1cc2ccc(F)cc2nc1CN1CCNCC1. The molecule has 2 aromatic rings. The average Bonchev–Trinajstić information content (AvgIpc) is 2.47. The molecule has 4 heteroatoms. The van der Waals surface area contributed by atoms with Crippen molar-refractivity contribution in [3.05, 3.63) is 41.3 Å². The third kappa shape index (κ3) is 2.81. The Morgan fingerprint density at radius 1 is 1.25 bits per heavy atom. The lowest BCUT2D eigenvalue weighted by atomic mass is 10.1. The molecule has 0 unspecified atom stereocenters. The molecule has 2 heterocycles. The van der Waals surface area contributed by atoms with E-state index in [1.165, 1.54) is 17.7 Å². The predicted octanol–water partition coefficient (Wildman–Crippen LogP) is 2.34. The van der Waals surface area contributed by atoms with Crippen molar-refractivity contribution in [1.29, 1.82) is 0 Å². The van der Waals surface area contributed by atoms with E-state index in [-0.39, 0.29) is 5.82 Å². The number of halogens is 1. The summed E-state index contributed by atoms with van der Waals surface area (Å²) < 4.78 is 13.4. The van der Waals surface area contributed by atoms with Crippen molar-refractivity contribution >= 4 is 10.9 Å². The van der Waals surface area contributed by atoms with Gasteiger partial charge in [0.2, 0.25) is 0 Å². The van der Waals surface area contributed by atoms with Gasteiger partial charge in [-0.25, -0.2) is 4.39 Å². The number of pyridine rings is 1. The molecule has 1 aromatic carbocycles. The molecule has 0 radical (unpaired) electrons. The maximum absolute atomic E-state index is 13.4. The van der Waals surface area contributed by atoms with Gasteiger partial charge < -0.3 is 5.32 Å². The van der Waals surface area contributed by atoms with Gasteiger partial charge in [-0.1, -0.05) is 6.92 Å². The lowest BCUT2D eigenvalue weighted by molar-refractivity contribution is 0.230. The molecule has 1 saturated heterocycles. The molecular weight excluding hydrogens is 253 g/mol. The Morgan fingerprint density at radius 2 is 2.05 bits per heavy atom. The summed E-state index contributed by atoms with van der Waals surface area (Å²) in [4.78, 5) is 7.10. The standard InChI is InChI=1S/C16H20FN3/c1-2-12-9-13-3-4-14(17)10-15(13)19-16(12)11-20-7-5-18-6-8-20/h3-4,9-10,18H,2,5-8,11H2,1H3. The van der Waals surface area contributed by atoms with Gasteiger partial charge in [0.25, 0.3) is 0 Å². The zero-order valence-corrected chi connectivity index (χ0v) is 11.8. The summed E-state index contributed by atoms with van der Waals surface area (Å²) in [5, 5.41) is 4.38. The second kappa shape index (κ2) is 5.85. The number of nitrogens with one attached hydrogen (secondary N) is 1. The van der Waals surface area contributed by atoms with Crippen LogP contribution < -0.4 is 5.32 Å². The summed E-state index contributed by atoms with van der Waals surface area (Å²) in [6.07, 6.45) is 0.960. The molecule has 3 rings (SSSR count). The third-order valence-corrected chi connectivity index (χ3v) is 3.91. The van der Waals surface area contributed by atoms with E-state index in [4.69, 9.17) is 4.98 Å². The smallest absolute Gasteiger partial charge is 0.125 e. The second-order valence-electron chi connectivity index (χ2n) is 5.31. The van der Waals surface area contributed by atoms with Crippen molar-refractivity contribution in [2.45, 2.75) is 19.9 Å². The number of hydrogen-bond acceptors (Lipinski definition) is 3. The maximum Gasteiger partial charge on any atom is 0.125 e. The van der Waals surface area contributed by atoms with Crippen LogP contribution in [-0.4, -0.2) is 36.1 Å². The van der Waals surface area contributed by atoms with Crippen LogP contribution in [0.2, 0.25) is 0 Å². The molecule has 1 N–H and O–H groups in total. The Kier molecular flexibility index (Phi) is 3.94. The summed E-state index contributed by atoms with van der Waals surface area (Å²) >= 11 is 0. The van der Waals surface area contributed by atoms with E-state index in [1.54, 1.807) is 0 Å². The van der Waals surface area contributed by atoms with E-state index in [0.717, 1.165) is 55.7 Å². The van der Waals surface area contributed by atoms with E-state index in [9.17, 15) is 4.39 Å². The largest absolute Gasteiger partial charge is 0.314 e. The Hall–Kier alpha value is -1.52. The van der Waals surface area contributed by atoms with Gasteiger partial charge in [0.15, 0.2) is 0 Å². The van der Waals surface area contributed by atoms with Crippen molar-refractivity contribution in [3.63, 3.8) is 0 Å². The van der Waals surface area contributed by atoms with Gasteiger partial charge in [-0.3, -0.25) is 9.88 Å². The fourth-order valence-corrected chi connectivity index (χ4v) is 2.75. The van der Waals surface area contributed by atoms with Gasteiger partial charge in [-0.05, 0) is 30.2 Å². The molecule has 0 saturated carbocycles. The quantitative estimate of drug-likeness (QED) is 0.930. The lowest BCUT2D eigenvalue weighted by Gasteiger charge is -2.27. The van der Waals surface area contributed by atoms with Crippen LogP contribution in [0.4, 0.5) is 4.39 Å². The van der Waals surface area contributed by atoms with Crippen molar-refractivity contribution < 1.29 is 4.39 Å². The first-order chi connectivity index (χ1) is 9.76. The highest BCUT2D eigenvalue weighted by molar-refractivity contribution is 5.79. The zero-order valence-electron chi connectivity index (χ0n) is 11.8. The van der Waals surface area contributed by atoms with E-state index in [2.05, 4.69) is 23.2 Å². The van der Waals surface area contributed by atoms with Gasteiger partial charge in [-0.2, -0.15) is 0 Å². The molecule has 0 aliphatic carbocycles. The van der Waals surface area contributed by atoms with Crippen LogP contribution in [0.5, 0.6) is 0 Å². The number of aromatic nitrogens is 1. The molecule has 1 aliphatic rings. The van der Waals surface area contributed by atoms with E-state index in [0.29, 0.717) is 0 Å². The van der Waals surface area contributed by atoms with Gasteiger partial charge in [-0.15, -0.1) is 0 Å². The predicted molar refractivity (Wildman–Crippen MR) is 79.2 cm³/mol. The Labute approximate surface area is 118 Å². The van der Waals surface area contributed by atoms with E-state index >= 15 is 0 Å². The fourth-order valence-electron chi connectivity index (χ4n) is 2.75. The molecule has 1 aromatic heterocycles. The molecule has 0 bridgehead atoms. The van der Waals surface area contributed by atoms with Crippen LogP contribution >= 0.6 is 0 Å². The lowest BCUT2D eigenvalue weighted by Crippen LogP contribution is -2.43. The van der Waals surface area contributed by atoms with E-state index < -0.39 is 0 Å². The fraction of sp³-hybridized carbons (Fsp3) is 0.438. The Morgan fingerprint density at radius 3 is 2.80 bits per heavy atom. The monoisotopic (exact) mass is 273 g/mol. The first-order valence-electron chi connectivity index (χ1n) is 7.27. The van der Waals surface area contributed by atoms with Crippen molar-refractivity contribution in [2.75, 3.05) is 26.2 Å². The highest BCUT2D eigenvalue weighted by Gasteiger charge is 2.13. The summed E-state index contributed by atoms with van der Waals surface area (Å²) in [5.74, 6) is -0.220. The molecule has 0 spiro atoms. The Bertz CT molecular complexity index is 606. The van der Waals surface area contributed by atoms with Crippen molar-refractivity contribution in [2.24, 2.45) is 0 Å². The normalized spacial score (nSPS) is 16.7. The number of aryl methyl sites for hydroxylation is 1. The highest BCUT2D eigenvalue weighted by atomic mass is 19.1. The molecule has 3 nitrogen and oxygen atoms in total. The first-order valence-corrected chi connectivity index (χ1v) is 7.27. The Balaban J connectivity index is 1.94. The summed E-state index contributed by atoms with van der Waals surface area (Å²) in [7, 11) is 0. The molecule has 106 valence electrons. The molecular formula is C16H20FN3. The third-order valence-electron chi connectivity index (χ3n) is 3.91. The molecule has 0 amide bonds. The zero-order chi connectivity index (χ0) is 13.9. The van der Waals surface area contributed by atoms with Crippen LogP contribution in [0.3, 0.4) is 0 Å². The maximum atomic E-state index is 13.4. The topological polar surface area (TPSA) is 28.2 Å². The van der Waals surface area contributed by atoms with Crippen molar-refractivity contribution in [3.8, 4) is 0 Å². The van der Waals surface area contributed by atoms with Gasteiger partial charge in [0.1, 0.15) is 5.82 Å². The van der Waals surface area contributed by atoms with Gasteiger partial charge in [0.05, 0.1) is 11.2 Å². The van der Waals surface area contributed by atoms with E-state index in [1.807, 2.05) is 6.07 Å². The minimum Gasteiger partial charge on any atom is -0.314 e. The highest BCUT2D eigenvalue weighted by Crippen LogP contribution is 2.20. The number of hydrogen-bond donors (Lipinski definition) is 1. The van der Waals surface area contributed by atoms with Gasteiger partial charge in [0, 0.05) is 44.2 Å². The average molecular weight is 273 g/mol. The minimum absolute atomic E-state index is 0.220. The van der Waals surface area contributed by atoms with Crippen LogP contribution in [0, 0.1) is 5.82 Å². The molecule has 1 aliphatic heterocycles. The van der Waals surface area contributed by atoms with Crippen LogP contribution in [0.15, 0.2) is 24.3 Å².